The third kappa shape index (κ3) is 4.91. The molecule has 1 aliphatic rings. The van der Waals surface area contributed by atoms with E-state index >= 15 is 0 Å². The Morgan fingerprint density at radius 1 is 1.32 bits per heavy atom. The van der Waals surface area contributed by atoms with Gasteiger partial charge in [-0.25, -0.2) is 4.79 Å². The Labute approximate surface area is 133 Å². The van der Waals surface area contributed by atoms with Crippen LogP contribution in [0.25, 0.3) is 0 Å². The summed E-state index contributed by atoms with van der Waals surface area (Å²) in [5.74, 6) is 0. The molecule has 5 heteroatoms. The Balaban J connectivity index is 1.94. The van der Waals surface area contributed by atoms with Gasteiger partial charge in [-0.2, -0.15) is 0 Å². The maximum absolute atomic E-state index is 11.8. The molecule has 122 valence electrons. The molecule has 0 aromatic heterocycles. The molecule has 0 saturated carbocycles. The number of nitrogens with one attached hydrogen (secondary N) is 2. The number of hydrogen-bond donors (Lipinski definition) is 2. The molecule has 0 radical (unpaired) electrons. The van der Waals surface area contributed by atoms with Crippen molar-refractivity contribution in [2.45, 2.75) is 51.8 Å². The number of carbonyl (C=O) groups is 1. The molecule has 2 atom stereocenters. The Morgan fingerprint density at radius 3 is 2.59 bits per heavy atom. The van der Waals surface area contributed by atoms with Gasteiger partial charge in [-0.15, -0.1) is 0 Å². The van der Waals surface area contributed by atoms with E-state index in [0.717, 1.165) is 24.3 Å². The molecule has 1 fully saturated rings. The summed E-state index contributed by atoms with van der Waals surface area (Å²) >= 11 is 0. The molecule has 22 heavy (non-hydrogen) atoms. The third-order valence-corrected chi connectivity index (χ3v) is 3.77. The SMILES string of the molecule is CC1CC(Nc2cccc(NC(=O)OC(C)(C)C)c2)CN1C. The lowest BCUT2D eigenvalue weighted by atomic mass is 10.2. The van der Waals surface area contributed by atoms with Crippen LogP contribution in [0.1, 0.15) is 34.1 Å². The number of benzene rings is 1. The zero-order chi connectivity index (χ0) is 16.3. The first-order chi connectivity index (χ1) is 10.2. The van der Waals surface area contributed by atoms with Gasteiger partial charge < -0.3 is 15.0 Å². The molecular formula is C17H27N3O2. The van der Waals surface area contributed by atoms with Crippen LogP contribution in [0.2, 0.25) is 0 Å². The first-order valence-electron chi connectivity index (χ1n) is 7.80. The molecule has 2 N–H and O–H groups in total. The van der Waals surface area contributed by atoms with Gasteiger partial charge in [0.05, 0.1) is 0 Å². The van der Waals surface area contributed by atoms with Crippen LogP contribution in [0.4, 0.5) is 16.2 Å². The van der Waals surface area contributed by atoms with Crippen LogP contribution in [0, 0.1) is 0 Å². The summed E-state index contributed by atoms with van der Waals surface area (Å²) in [7, 11) is 2.15. The number of ether oxygens (including phenoxy) is 1. The summed E-state index contributed by atoms with van der Waals surface area (Å²) in [4.78, 5) is 14.2. The lowest BCUT2D eigenvalue weighted by Gasteiger charge is -2.20. The molecule has 0 spiro atoms. The Morgan fingerprint density at radius 2 is 2.00 bits per heavy atom. The second kappa shape index (κ2) is 6.57. The maximum atomic E-state index is 11.8. The van der Waals surface area contributed by atoms with Gasteiger partial charge in [0.2, 0.25) is 0 Å². The highest BCUT2D eigenvalue weighted by Crippen LogP contribution is 2.22. The Kier molecular flexibility index (Phi) is 4.96. The number of hydrogen-bond acceptors (Lipinski definition) is 4. The Hall–Kier alpha value is -1.75. The molecule has 1 amide bonds. The summed E-state index contributed by atoms with van der Waals surface area (Å²) < 4.78 is 5.27. The molecule has 1 saturated heterocycles. The zero-order valence-corrected chi connectivity index (χ0v) is 14.1. The summed E-state index contributed by atoms with van der Waals surface area (Å²) in [5, 5.41) is 6.30. The van der Waals surface area contributed by atoms with Crippen LogP contribution in [-0.4, -0.2) is 42.3 Å². The number of anilines is 2. The highest BCUT2D eigenvalue weighted by molar-refractivity contribution is 5.85. The molecule has 1 aromatic rings. The van der Waals surface area contributed by atoms with E-state index in [1.54, 1.807) is 0 Å². The predicted octanol–water partition coefficient (Wildman–Crippen LogP) is 3.54. The number of carbonyl (C=O) groups excluding carboxylic acids is 1. The number of likely N-dealkylation sites (N-methyl/N-ethyl adjacent to an activating group) is 1. The molecular weight excluding hydrogens is 278 g/mol. The standard InChI is InChI=1S/C17H27N3O2/c1-12-9-15(11-20(12)5)18-13-7-6-8-14(10-13)19-16(21)22-17(2,3)4/h6-8,10,12,15,18H,9,11H2,1-5H3,(H,19,21). The molecule has 2 unspecified atom stereocenters. The molecule has 0 bridgehead atoms. The highest BCUT2D eigenvalue weighted by Gasteiger charge is 2.25. The average Bonchev–Trinajstić information content (AvgIpc) is 2.66. The van der Waals surface area contributed by atoms with Crippen LogP contribution in [-0.2, 0) is 4.74 Å². The summed E-state index contributed by atoms with van der Waals surface area (Å²) in [6.07, 6.45) is 0.694. The van der Waals surface area contributed by atoms with E-state index in [4.69, 9.17) is 4.74 Å². The third-order valence-electron chi connectivity index (χ3n) is 3.77. The average molecular weight is 305 g/mol. The van der Waals surface area contributed by atoms with Crippen molar-refractivity contribution in [1.82, 2.24) is 4.90 Å². The fourth-order valence-corrected chi connectivity index (χ4v) is 2.64. The topological polar surface area (TPSA) is 53.6 Å². The summed E-state index contributed by atoms with van der Waals surface area (Å²) in [6.45, 7) is 8.82. The van der Waals surface area contributed by atoms with Gasteiger partial charge in [-0.05, 0) is 59.4 Å². The van der Waals surface area contributed by atoms with Gasteiger partial charge in [0, 0.05) is 30.0 Å². The van der Waals surface area contributed by atoms with Crippen molar-refractivity contribution in [3.63, 3.8) is 0 Å². The smallest absolute Gasteiger partial charge is 0.412 e. The minimum atomic E-state index is -0.496. The maximum Gasteiger partial charge on any atom is 0.412 e. The summed E-state index contributed by atoms with van der Waals surface area (Å²) in [5.41, 5.74) is 1.25. The van der Waals surface area contributed by atoms with E-state index in [-0.39, 0.29) is 0 Å². The van der Waals surface area contributed by atoms with E-state index in [1.165, 1.54) is 0 Å². The summed E-state index contributed by atoms with van der Waals surface area (Å²) in [6, 6.07) is 8.78. The van der Waals surface area contributed by atoms with Gasteiger partial charge in [-0.1, -0.05) is 6.07 Å². The molecule has 1 aliphatic heterocycles. The monoisotopic (exact) mass is 305 g/mol. The van der Waals surface area contributed by atoms with Crippen LogP contribution >= 0.6 is 0 Å². The normalized spacial score (nSPS) is 22.4. The first kappa shape index (κ1) is 16.6. The van der Waals surface area contributed by atoms with Crippen LogP contribution in [0.3, 0.4) is 0 Å². The van der Waals surface area contributed by atoms with Crippen molar-refractivity contribution in [2.75, 3.05) is 24.2 Å². The van der Waals surface area contributed by atoms with Gasteiger partial charge in [0.25, 0.3) is 0 Å². The largest absolute Gasteiger partial charge is 0.444 e. The second-order valence-electron chi connectivity index (χ2n) is 7.07. The van der Waals surface area contributed by atoms with Crippen LogP contribution in [0.5, 0.6) is 0 Å². The van der Waals surface area contributed by atoms with Crippen LogP contribution < -0.4 is 10.6 Å². The Bertz CT molecular complexity index is 515. The molecule has 0 aliphatic carbocycles. The van der Waals surface area contributed by atoms with Gasteiger partial charge in [0.1, 0.15) is 5.60 Å². The quantitative estimate of drug-likeness (QED) is 0.897. The van der Waals surface area contributed by atoms with Crippen molar-refractivity contribution in [3.05, 3.63) is 24.3 Å². The van der Waals surface area contributed by atoms with E-state index in [2.05, 4.69) is 29.5 Å². The molecule has 1 aromatic carbocycles. The molecule has 2 rings (SSSR count). The number of nitrogens with zero attached hydrogens (tertiary/aromatic N) is 1. The lowest BCUT2D eigenvalue weighted by molar-refractivity contribution is 0.0636. The van der Waals surface area contributed by atoms with E-state index in [1.807, 2.05) is 45.0 Å². The van der Waals surface area contributed by atoms with E-state index < -0.39 is 11.7 Å². The van der Waals surface area contributed by atoms with Crippen molar-refractivity contribution < 1.29 is 9.53 Å². The lowest BCUT2D eigenvalue weighted by Crippen LogP contribution is -2.27. The number of rotatable bonds is 3. The van der Waals surface area contributed by atoms with Gasteiger partial charge in [-0.3, -0.25) is 5.32 Å². The molecule has 5 nitrogen and oxygen atoms in total. The minimum absolute atomic E-state index is 0.432. The number of amides is 1. The van der Waals surface area contributed by atoms with E-state index in [9.17, 15) is 4.79 Å². The zero-order valence-electron chi connectivity index (χ0n) is 14.1. The van der Waals surface area contributed by atoms with Crippen molar-refractivity contribution >= 4 is 17.5 Å². The van der Waals surface area contributed by atoms with Crippen molar-refractivity contribution in [3.8, 4) is 0 Å². The van der Waals surface area contributed by atoms with Gasteiger partial charge >= 0.3 is 6.09 Å². The fourth-order valence-electron chi connectivity index (χ4n) is 2.64. The highest BCUT2D eigenvalue weighted by atomic mass is 16.6. The number of likely N-dealkylation sites (tertiary alicyclic amines) is 1. The minimum Gasteiger partial charge on any atom is -0.444 e. The van der Waals surface area contributed by atoms with Crippen LogP contribution in [0.15, 0.2) is 24.3 Å². The molecule has 1 heterocycles. The second-order valence-corrected chi connectivity index (χ2v) is 7.07. The van der Waals surface area contributed by atoms with E-state index in [0.29, 0.717) is 12.1 Å². The fraction of sp³-hybridized carbons (Fsp3) is 0.588. The van der Waals surface area contributed by atoms with Crippen molar-refractivity contribution in [2.24, 2.45) is 0 Å². The van der Waals surface area contributed by atoms with Gasteiger partial charge in [0.15, 0.2) is 0 Å². The predicted molar refractivity (Wildman–Crippen MR) is 90.4 cm³/mol. The first-order valence-corrected chi connectivity index (χ1v) is 7.80. The van der Waals surface area contributed by atoms with Crippen molar-refractivity contribution in [1.29, 1.82) is 0 Å².